The van der Waals surface area contributed by atoms with Crippen LogP contribution in [0.2, 0.25) is 0 Å². The maximum atomic E-state index is 13.1. The van der Waals surface area contributed by atoms with Gasteiger partial charge in [0.25, 0.3) is 0 Å². The third-order valence-electron chi connectivity index (χ3n) is 23.9. The summed E-state index contributed by atoms with van der Waals surface area (Å²) in [4.78, 5) is 50.9. The smallest absolute Gasteiger partial charge is 0.333 e. The van der Waals surface area contributed by atoms with Crippen LogP contribution in [0.3, 0.4) is 0 Å². The molecule has 9 nitrogen and oxygen atoms in total. The fourth-order valence-corrected chi connectivity index (χ4v) is 19.2. The van der Waals surface area contributed by atoms with E-state index in [9.17, 15) is 19.2 Å². The highest BCUT2D eigenvalue weighted by atomic mass is 16.6. The summed E-state index contributed by atoms with van der Waals surface area (Å²) in [5.74, 6) is 10.2. The van der Waals surface area contributed by atoms with Gasteiger partial charge in [0, 0.05) is 18.4 Å². The van der Waals surface area contributed by atoms with Crippen LogP contribution in [0, 0.1) is 94.7 Å². The molecule has 0 radical (unpaired) electrons. The summed E-state index contributed by atoms with van der Waals surface area (Å²) in [6, 6.07) is 0. The molecular formula is C74H124O9. The number of hydrogen-bond acceptors (Lipinski definition) is 9. The van der Waals surface area contributed by atoms with Crippen LogP contribution in [0.4, 0.5) is 0 Å². The minimum Gasteiger partial charge on any atom is -0.465 e. The summed E-state index contributed by atoms with van der Waals surface area (Å²) >= 11 is 0. The normalized spacial score (nSPS) is 33.2. The predicted molar refractivity (Wildman–Crippen MR) is 334 cm³/mol. The molecule has 0 aromatic heterocycles. The van der Waals surface area contributed by atoms with Crippen molar-refractivity contribution in [3.63, 3.8) is 0 Å². The Morgan fingerprint density at radius 2 is 1.01 bits per heavy atom. The van der Waals surface area contributed by atoms with Gasteiger partial charge in [-0.1, -0.05) is 175 Å². The molecule has 18 atom stereocenters. The molecule has 1 saturated heterocycles. The molecule has 8 rings (SSSR count). The Labute approximate surface area is 507 Å². The second kappa shape index (κ2) is 35.5. The Bertz CT molecular complexity index is 1930. The van der Waals surface area contributed by atoms with E-state index in [-0.39, 0.29) is 29.8 Å². The SMILES string of the molecule is C=C(C)C(=O)OCC1CC2CC1C1CC(COC(=O)CCCCCCCCC3C(CCCCCC)CCC(CCCCCCCC)C3CCCCCCCCC(=O)OCC3CC4CC3[C@H](CC(CC)COC(=O)C3CCC5OC5C3)C4)C[C@H]21. The van der Waals surface area contributed by atoms with Gasteiger partial charge in [0.2, 0.25) is 0 Å². The molecule has 474 valence electrons. The number of ether oxygens (including phenoxy) is 5. The highest BCUT2D eigenvalue weighted by molar-refractivity contribution is 5.86. The summed E-state index contributed by atoms with van der Waals surface area (Å²) in [6.07, 6.45) is 52.5. The first kappa shape index (κ1) is 66.5. The quantitative estimate of drug-likeness (QED) is 0.0193. The Morgan fingerprint density at radius 1 is 0.470 bits per heavy atom. The van der Waals surface area contributed by atoms with E-state index >= 15 is 0 Å². The monoisotopic (exact) mass is 1160 g/mol. The van der Waals surface area contributed by atoms with E-state index in [4.69, 9.17) is 23.7 Å². The molecule has 16 unspecified atom stereocenters. The van der Waals surface area contributed by atoms with Gasteiger partial charge in [-0.2, -0.15) is 0 Å². The van der Waals surface area contributed by atoms with Crippen molar-refractivity contribution in [2.75, 3.05) is 26.4 Å². The van der Waals surface area contributed by atoms with E-state index in [0.29, 0.717) is 104 Å². The van der Waals surface area contributed by atoms with Crippen LogP contribution in [-0.4, -0.2) is 62.5 Å². The maximum absolute atomic E-state index is 13.1. The van der Waals surface area contributed by atoms with Crippen molar-refractivity contribution in [3.05, 3.63) is 12.2 Å². The van der Waals surface area contributed by atoms with Crippen LogP contribution in [0.15, 0.2) is 12.2 Å². The van der Waals surface area contributed by atoms with Gasteiger partial charge in [0.05, 0.1) is 44.6 Å². The van der Waals surface area contributed by atoms with Crippen LogP contribution in [0.5, 0.6) is 0 Å². The first-order chi connectivity index (χ1) is 40.5. The molecular weight excluding hydrogens is 1030 g/mol. The lowest BCUT2D eigenvalue weighted by Gasteiger charge is -2.44. The van der Waals surface area contributed by atoms with Crippen molar-refractivity contribution in [2.24, 2.45) is 94.7 Å². The van der Waals surface area contributed by atoms with Crippen molar-refractivity contribution in [3.8, 4) is 0 Å². The van der Waals surface area contributed by atoms with Gasteiger partial charge in [0.1, 0.15) is 0 Å². The molecule has 8 aliphatic rings. The van der Waals surface area contributed by atoms with Gasteiger partial charge in [-0.25, -0.2) is 4.79 Å². The van der Waals surface area contributed by atoms with Gasteiger partial charge in [-0.15, -0.1) is 0 Å². The minimum atomic E-state index is -0.259. The van der Waals surface area contributed by atoms with Gasteiger partial charge in [0.15, 0.2) is 0 Å². The molecule has 1 heterocycles. The van der Waals surface area contributed by atoms with E-state index in [1.165, 1.54) is 199 Å². The third-order valence-corrected chi connectivity index (χ3v) is 23.9. The molecule has 0 spiro atoms. The Balaban J connectivity index is 0.691. The van der Waals surface area contributed by atoms with Gasteiger partial charge >= 0.3 is 23.9 Å². The summed E-state index contributed by atoms with van der Waals surface area (Å²) in [6.45, 7) is 14.7. The lowest BCUT2D eigenvalue weighted by Crippen LogP contribution is -2.35. The average Bonchev–Trinajstić information content (AvgIpc) is 2.84. The van der Waals surface area contributed by atoms with Crippen LogP contribution in [0.25, 0.3) is 0 Å². The predicted octanol–water partition coefficient (Wildman–Crippen LogP) is 18.9. The third kappa shape index (κ3) is 20.8. The van der Waals surface area contributed by atoms with Gasteiger partial charge < -0.3 is 23.7 Å². The Kier molecular flexibility index (Phi) is 28.5. The standard InChI is InChI=1S/C74H124O9/c1-6-9-11-13-18-24-30-57-36-35-56(29-23-12-10-7-2)63(31-25-19-14-16-21-27-33-71(75)79-49-55-43-66-60-45-62(51-82-73(77)52(4)5)67(46-60)68(66)44-55)64(57)32-26-20-15-17-22-28-34-72(76)80-50-61-41-54-40-59(65(61)42-54)39-53(8-3)48-81-74(78)58-37-38-69-70(47-58)83-69/h53-70H,4,6-51H2,1-3,5H3/t53?,54?,55?,56?,57?,58?,59-,60?,61?,62?,63?,64?,65?,66-,67?,68?,69?,70?/m1/s1. The lowest BCUT2D eigenvalue weighted by atomic mass is 9.61. The zero-order valence-corrected chi connectivity index (χ0v) is 53.8. The molecule has 7 saturated carbocycles. The Hall–Kier alpha value is -2.42. The number of hydrogen-bond donors (Lipinski definition) is 0. The van der Waals surface area contributed by atoms with Crippen molar-refractivity contribution >= 4 is 23.9 Å². The summed E-state index contributed by atoms with van der Waals surface area (Å²) in [5.41, 5.74) is 0.481. The van der Waals surface area contributed by atoms with Gasteiger partial charge in [-0.05, 0) is 205 Å². The highest BCUT2D eigenvalue weighted by Gasteiger charge is 2.56. The second-order valence-electron chi connectivity index (χ2n) is 29.8. The lowest BCUT2D eigenvalue weighted by molar-refractivity contribution is -0.151. The van der Waals surface area contributed by atoms with E-state index in [0.717, 1.165) is 99.2 Å². The molecule has 4 bridgehead atoms. The number of esters is 4. The van der Waals surface area contributed by atoms with Crippen LogP contribution in [-0.2, 0) is 42.9 Å². The maximum Gasteiger partial charge on any atom is 0.333 e. The average molecular weight is 1160 g/mol. The second-order valence-corrected chi connectivity index (χ2v) is 29.8. The fraction of sp³-hybridized carbons (Fsp3) is 0.919. The van der Waals surface area contributed by atoms with E-state index < -0.39 is 0 Å². The molecule has 83 heavy (non-hydrogen) atoms. The molecule has 0 aromatic rings. The topological polar surface area (TPSA) is 118 Å². The first-order valence-electron chi connectivity index (χ1n) is 36.5. The number of carbonyl (C=O) groups excluding carboxylic acids is 4. The van der Waals surface area contributed by atoms with Crippen molar-refractivity contribution in [2.45, 2.75) is 310 Å². The zero-order chi connectivity index (χ0) is 58.3. The summed E-state index contributed by atoms with van der Waals surface area (Å²) in [5, 5.41) is 0. The van der Waals surface area contributed by atoms with Crippen molar-refractivity contribution in [1.29, 1.82) is 0 Å². The number of epoxide rings is 1. The molecule has 7 aliphatic carbocycles. The fourth-order valence-electron chi connectivity index (χ4n) is 19.2. The van der Waals surface area contributed by atoms with Crippen LogP contribution >= 0.6 is 0 Å². The number of carbonyl (C=O) groups is 4. The molecule has 8 fully saturated rings. The van der Waals surface area contributed by atoms with Crippen molar-refractivity contribution in [1.82, 2.24) is 0 Å². The number of fused-ring (bicyclic) bond motifs is 8. The highest BCUT2D eigenvalue weighted by Crippen LogP contribution is 2.62. The summed E-state index contributed by atoms with van der Waals surface area (Å²) in [7, 11) is 0. The molecule has 0 amide bonds. The van der Waals surface area contributed by atoms with Crippen LogP contribution in [0.1, 0.15) is 297 Å². The number of rotatable bonds is 43. The molecule has 0 N–H and O–H groups in total. The Morgan fingerprint density at radius 3 is 1.61 bits per heavy atom. The van der Waals surface area contributed by atoms with Gasteiger partial charge in [-0.3, -0.25) is 14.4 Å². The van der Waals surface area contributed by atoms with Crippen LogP contribution < -0.4 is 0 Å². The first-order valence-corrected chi connectivity index (χ1v) is 36.5. The number of unbranched alkanes of at least 4 members (excludes halogenated alkanes) is 18. The van der Waals surface area contributed by atoms with E-state index in [1.807, 2.05) is 0 Å². The molecule has 0 aromatic carbocycles. The molecule has 9 heteroatoms. The minimum absolute atomic E-state index is 0.00344. The zero-order valence-electron chi connectivity index (χ0n) is 53.8. The summed E-state index contributed by atoms with van der Waals surface area (Å²) < 4.78 is 29.1. The largest absolute Gasteiger partial charge is 0.465 e. The van der Waals surface area contributed by atoms with E-state index in [1.54, 1.807) is 6.92 Å². The van der Waals surface area contributed by atoms with Crippen molar-refractivity contribution < 1.29 is 42.9 Å². The molecule has 1 aliphatic heterocycles. The van der Waals surface area contributed by atoms with E-state index in [2.05, 4.69) is 27.4 Å².